The SMILES string of the molecule is CCCNC1CSCC1Cc1ccc(C(C)C)cc1. The highest BCUT2D eigenvalue weighted by Crippen LogP contribution is 2.28. The summed E-state index contributed by atoms with van der Waals surface area (Å²) in [5.41, 5.74) is 2.95. The zero-order valence-electron chi connectivity index (χ0n) is 12.5. The van der Waals surface area contributed by atoms with Gasteiger partial charge in [0.15, 0.2) is 0 Å². The average Bonchev–Trinajstić information content (AvgIpc) is 2.84. The predicted molar refractivity (Wildman–Crippen MR) is 87.1 cm³/mol. The summed E-state index contributed by atoms with van der Waals surface area (Å²) in [6, 6.07) is 9.98. The fourth-order valence-electron chi connectivity index (χ4n) is 2.70. The quantitative estimate of drug-likeness (QED) is 0.841. The van der Waals surface area contributed by atoms with E-state index in [0.29, 0.717) is 5.92 Å². The zero-order valence-corrected chi connectivity index (χ0v) is 13.3. The lowest BCUT2D eigenvalue weighted by Crippen LogP contribution is -2.36. The summed E-state index contributed by atoms with van der Waals surface area (Å²) in [7, 11) is 0. The van der Waals surface area contributed by atoms with Crippen LogP contribution in [0.2, 0.25) is 0 Å². The first kappa shape index (κ1) is 14.9. The first-order chi connectivity index (χ1) is 9.20. The summed E-state index contributed by atoms with van der Waals surface area (Å²) in [5.74, 6) is 4.04. The van der Waals surface area contributed by atoms with E-state index in [1.165, 1.54) is 35.5 Å². The van der Waals surface area contributed by atoms with Gasteiger partial charge in [0.2, 0.25) is 0 Å². The van der Waals surface area contributed by atoms with E-state index in [-0.39, 0.29) is 0 Å². The molecule has 0 radical (unpaired) electrons. The molecule has 0 spiro atoms. The van der Waals surface area contributed by atoms with Crippen molar-refractivity contribution in [1.82, 2.24) is 5.32 Å². The van der Waals surface area contributed by atoms with Crippen LogP contribution >= 0.6 is 11.8 Å². The maximum atomic E-state index is 3.71. The molecule has 0 saturated carbocycles. The molecule has 0 aliphatic carbocycles. The normalized spacial score (nSPS) is 23.2. The van der Waals surface area contributed by atoms with Crippen LogP contribution < -0.4 is 5.32 Å². The maximum absolute atomic E-state index is 3.71. The maximum Gasteiger partial charge on any atom is 0.0197 e. The molecule has 1 saturated heterocycles. The first-order valence-electron chi connectivity index (χ1n) is 7.60. The molecule has 106 valence electrons. The molecule has 0 bridgehead atoms. The molecule has 2 atom stereocenters. The Hall–Kier alpha value is -0.470. The fourth-order valence-corrected chi connectivity index (χ4v) is 4.13. The van der Waals surface area contributed by atoms with Crippen molar-refractivity contribution in [3.05, 3.63) is 35.4 Å². The molecule has 2 unspecified atom stereocenters. The topological polar surface area (TPSA) is 12.0 Å². The number of nitrogens with one attached hydrogen (secondary N) is 1. The van der Waals surface area contributed by atoms with E-state index >= 15 is 0 Å². The van der Waals surface area contributed by atoms with Gasteiger partial charge in [-0.25, -0.2) is 0 Å². The van der Waals surface area contributed by atoms with Crippen LogP contribution in [0.5, 0.6) is 0 Å². The smallest absolute Gasteiger partial charge is 0.0197 e. The van der Waals surface area contributed by atoms with Gasteiger partial charge in [-0.1, -0.05) is 45.0 Å². The van der Waals surface area contributed by atoms with Gasteiger partial charge in [0.05, 0.1) is 0 Å². The highest BCUT2D eigenvalue weighted by Gasteiger charge is 2.27. The van der Waals surface area contributed by atoms with Crippen LogP contribution in [0, 0.1) is 5.92 Å². The lowest BCUT2D eigenvalue weighted by atomic mass is 9.93. The van der Waals surface area contributed by atoms with Gasteiger partial charge in [0.1, 0.15) is 0 Å². The van der Waals surface area contributed by atoms with E-state index in [1.54, 1.807) is 0 Å². The van der Waals surface area contributed by atoms with Gasteiger partial charge in [0, 0.05) is 11.8 Å². The summed E-state index contributed by atoms with van der Waals surface area (Å²) in [6.45, 7) is 7.92. The van der Waals surface area contributed by atoms with E-state index < -0.39 is 0 Å². The lowest BCUT2D eigenvalue weighted by molar-refractivity contribution is 0.425. The van der Waals surface area contributed by atoms with Crippen molar-refractivity contribution in [3.8, 4) is 0 Å². The predicted octanol–water partition coefficient (Wildman–Crippen LogP) is 4.08. The highest BCUT2D eigenvalue weighted by molar-refractivity contribution is 7.99. The number of hydrogen-bond acceptors (Lipinski definition) is 2. The summed E-state index contributed by atoms with van der Waals surface area (Å²) in [5, 5.41) is 3.71. The van der Waals surface area contributed by atoms with Crippen LogP contribution in [0.3, 0.4) is 0 Å². The van der Waals surface area contributed by atoms with Crippen molar-refractivity contribution in [2.24, 2.45) is 5.92 Å². The molecular weight excluding hydrogens is 250 g/mol. The Morgan fingerprint density at radius 2 is 1.95 bits per heavy atom. The van der Waals surface area contributed by atoms with Crippen molar-refractivity contribution in [2.45, 2.75) is 45.6 Å². The minimum atomic E-state index is 0.634. The molecule has 1 N–H and O–H groups in total. The largest absolute Gasteiger partial charge is 0.313 e. The Labute approximate surface area is 122 Å². The van der Waals surface area contributed by atoms with E-state index in [9.17, 15) is 0 Å². The molecule has 1 heterocycles. The molecule has 0 amide bonds. The third-order valence-corrected chi connectivity index (χ3v) is 5.26. The second kappa shape index (κ2) is 7.35. The van der Waals surface area contributed by atoms with Crippen molar-refractivity contribution >= 4 is 11.8 Å². The van der Waals surface area contributed by atoms with Gasteiger partial charge >= 0.3 is 0 Å². The van der Waals surface area contributed by atoms with E-state index in [1.807, 2.05) is 0 Å². The summed E-state index contributed by atoms with van der Waals surface area (Å²) in [4.78, 5) is 0. The van der Waals surface area contributed by atoms with Gasteiger partial charge in [-0.05, 0) is 48.1 Å². The molecule has 2 heteroatoms. The molecule has 1 nitrogen and oxygen atoms in total. The van der Waals surface area contributed by atoms with Gasteiger partial charge < -0.3 is 5.32 Å². The van der Waals surface area contributed by atoms with Gasteiger partial charge in [-0.15, -0.1) is 0 Å². The summed E-state index contributed by atoms with van der Waals surface area (Å²) >= 11 is 2.11. The second-order valence-corrected chi connectivity index (χ2v) is 7.03. The molecule has 1 aromatic rings. The van der Waals surface area contributed by atoms with Crippen molar-refractivity contribution in [1.29, 1.82) is 0 Å². The third kappa shape index (κ3) is 4.25. The Balaban J connectivity index is 1.92. The Morgan fingerprint density at radius 1 is 1.21 bits per heavy atom. The molecule has 1 aliphatic heterocycles. The fraction of sp³-hybridized carbons (Fsp3) is 0.647. The van der Waals surface area contributed by atoms with Crippen LogP contribution in [-0.2, 0) is 6.42 Å². The van der Waals surface area contributed by atoms with Crippen LogP contribution in [0.25, 0.3) is 0 Å². The molecule has 19 heavy (non-hydrogen) atoms. The Morgan fingerprint density at radius 3 is 2.58 bits per heavy atom. The first-order valence-corrected chi connectivity index (χ1v) is 8.76. The Bertz CT molecular complexity index is 371. The number of rotatable bonds is 6. The molecule has 2 rings (SSSR count). The molecule has 1 aliphatic rings. The van der Waals surface area contributed by atoms with Gasteiger partial charge in [-0.2, -0.15) is 11.8 Å². The van der Waals surface area contributed by atoms with Crippen LogP contribution in [0.15, 0.2) is 24.3 Å². The van der Waals surface area contributed by atoms with Crippen molar-refractivity contribution in [3.63, 3.8) is 0 Å². The van der Waals surface area contributed by atoms with Crippen molar-refractivity contribution in [2.75, 3.05) is 18.1 Å². The van der Waals surface area contributed by atoms with Gasteiger partial charge in [0.25, 0.3) is 0 Å². The third-order valence-electron chi connectivity index (χ3n) is 4.00. The van der Waals surface area contributed by atoms with Crippen LogP contribution in [0.1, 0.15) is 44.2 Å². The summed E-state index contributed by atoms with van der Waals surface area (Å²) in [6.07, 6.45) is 2.46. The lowest BCUT2D eigenvalue weighted by Gasteiger charge is -2.20. The van der Waals surface area contributed by atoms with E-state index in [0.717, 1.165) is 18.5 Å². The standard InChI is InChI=1S/C17H27NS/c1-4-9-18-17-12-19-11-16(17)10-14-5-7-15(8-6-14)13(2)3/h5-8,13,16-18H,4,9-12H2,1-3H3. The zero-order chi connectivity index (χ0) is 13.7. The number of benzene rings is 1. The van der Waals surface area contributed by atoms with Crippen LogP contribution in [0.4, 0.5) is 0 Å². The second-order valence-electron chi connectivity index (χ2n) is 5.96. The van der Waals surface area contributed by atoms with Gasteiger partial charge in [-0.3, -0.25) is 0 Å². The Kier molecular flexibility index (Phi) is 5.77. The molecule has 1 fully saturated rings. The monoisotopic (exact) mass is 277 g/mol. The molecule has 1 aromatic carbocycles. The summed E-state index contributed by atoms with van der Waals surface area (Å²) < 4.78 is 0. The molecular formula is C17H27NS. The highest BCUT2D eigenvalue weighted by atomic mass is 32.2. The number of hydrogen-bond donors (Lipinski definition) is 1. The van der Waals surface area contributed by atoms with E-state index in [4.69, 9.17) is 0 Å². The minimum Gasteiger partial charge on any atom is -0.313 e. The minimum absolute atomic E-state index is 0.634. The number of thioether (sulfide) groups is 1. The van der Waals surface area contributed by atoms with Crippen molar-refractivity contribution < 1.29 is 0 Å². The van der Waals surface area contributed by atoms with E-state index in [2.05, 4.69) is 62.1 Å². The van der Waals surface area contributed by atoms with Crippen LogP contribution in [-0.4, -0.2) is 24.1 Å². The molecule has 0 aromatic heterocycles. The average molecular weight is 277 g/mol.